The minimum absolute atomic E-state index is 0.173. The molecule has 0 atom stereocenters. The molecule has 0 saturated carbocycles. The smallest absolute Gasteiger partial charge is 0.404 e. The van der Waals surface area contributed by atoms with Crippen molar-refractivity contribution < 1.29 is 34.2 Å². The van der Waals surface area contributed by atoms with Crippen molar-refractivity contribution in [1.29, 1.82) is 0 Å². The first-order chi connectivity index (χ1) is 11.7. The molecule has 0 bridgehead atoms. The van der Waals surface area contributed by atoms with Crippen LogP contribution in [-0.4, -0.2) is 50.5 Å². The summed E-state index contributed by atoms with van der Waals surface area (Å²) in [4.78, 5) is 17.7. The maximum Gasteiger partial charge on any atom is 0.524 e. The van der Waals surface area contributed by atoms with Crippen LogP contribution in [0.25, 0.3) is 11.1 Å². The molecule has 0 fully saturated rings. The molecular weight excluding hydrogens is 349 g/mol. The number of hydrogen-bond donors (Lipinski definition) is 6. The first kappa shape index (κ1) is 21.3. The fourth-order valence-corrected chi connectivity index (χ4v) is 2.10. The molecule has 0 aliphatic heterocycles. The molecule has 0 aliphatic carbocycles. The van der Waals surface area contributed by atoms with Gasteiger partial charge in [0.05, 0.1) is 25.4 Å². The van der Waals surface area contributed by atoms with Crippen LogP contribution in [0.5, 0.6) is 5.75 Å². The largest absolute Gasteiger partial charge is 0.524 e. The van der Waals surface area contributed by atoms with Crippen molar-refractivity contribution in [2.45, 2.75) is 5.54 Å². The molecule has 8 nitrogen and oxygen atoms in total. The molecule has 0 aliphatic rings. The highest BCUT2D eigenvalue weighted by atomic mass is 31.2. The molecule has 0 aromatic heterocycles. The average molecular weight is 371 g/mol. The topological polar surface area (TPSA) is 153 Å². The molecule has 0 spiro atoms. The van der Waals surface area contributed by atoms with Gasteiger partial charge in [-0.25, -0.2) is 4.57 Å². The Kier molecular flexibility index (Phi) is 8.21. The Morgan fingerprint density at radius 3 is 1.80 bits per heavy atom. The van der Waals surface area contributed by atoms with E-state index in [1.54, 1.807) is 18.2 Å². The van der Waals surface area contributed by atoms with Gasteiger partial charge in [-0.3, -0.25) is 9.79 Å². The Labute approximate surface area is 145 Å². The zero-order valence-corrected chi connectivity index (χ0v) is 14.3. The maximum absolute atomic E-state index is 10.9. The van der Waals surface area contributed by atoms with Crippen molar-refractivity contribution in [3.63, 3.8) is 0 Å². The Morgan fingerprint density at radius 1 is 0.880 bits per heavy atom. The highest BCUT2D eigenvalue weighted by molar-refractivity contribution is 7.46. The van der Waals surface area contributed by atoms with Crippen molar-refractivity contribution >= 4 is 7.82 Å². The maximum atomic E-state index is 10.9. The molecule has 25 heavy (non-hydrogen) atoms. The third kappa shape index (κ3) is 7.33. The zero-order valence-electron chi connectivity index (χ0n) is 13.4. The van der Waals surface area contributed by atoms with E-state index in [2.05, 4.69) is 4.52 Å². The summed E-state index contributed by atoms with van der Waals surface area (Å²) in [5.74, 6) is 0.173. The molecule has 2 aromatic rings. The second-order valence-corrected chi connectivity index (χ2v) is 6.44. The second-order valence-electron chi connectivity index (χ2n) is 5.28. The molecule has 0 radical (unpaired) electrons. The summed E-state index contributed by atoms with van der Waals surface area (Å²) in [6, 6.07) is 16.0. The van der Waals surface area contributed by atoms with Crippen LogP contribution in [0, 0.1) is 0 Å². The van der Waals surface area contributed by atoms with Gasteiger partial charge < -0.3 is 25.6 Å². The van der Waals surface area contributed by atoms with Crippen molar-refractivity contribution in [3.8, 4) is 16.9 Å². The average Bonchev–Trinajstić information content (AvgIpc) is 2.61. The highest BCUT2D eigenvalue weighted by Gasteiger charge is 2.20. The fraction of sp³-hybridized carbons (Fsp3) is 0.250. The van der Waals surface area contributed by atoms with E-state index in [0.717, 1.165) is 5.56 Å². The number of benzene rings is 2. The molecule has 0 saturated heterocycles. The number of para-hydroxylation sites is 1. The Bertz CT molecular complexity index is 678. The lowest BCUT2D eigenvalue weighted by Gasteiger charge is -2.20. The van der Waals surface area contributed by atoms with Gasteiger partial charge in [0.15, 0.2) is 0 Å². The van der Waals surface area contributed by atoms with Crippen LogP contribution in [0.3, 0.4) is 0 Å². The summed E-state index contributed by atoms with van der Waals surface area (Å²) in [6.45, 7) is -1.21. The van der Waals surface area contributed by atoms with Crippen LogP contribution < -0.4 is 10.3 Å². The molecule has 0 unspecified atom stereocenters. The van der Waals surface area contributed by atoms with E-state index in [0.29, 0.717) is 5.56 Å². The predicted octanol–water partition coefficient (Wildman–Crippen LogP) is 0.486. The third-order valence-electron chi connectivity index (χ3n) is 3.13. The van der Waals surface area contributed by atoms with Crippen molar-refractivity contribution in [2.75, 3.05) is 19.8 Å². The summed E-state index contributed by atoms with van der Waals surface area (Å²) >= 11 is 0. The fourth-order valence-electron chi connectivity index (χ4n) is 1.68. The predicted molar refractivity (Wildman–Crippen MR) is 92.7 cm³/mol. The van der Waals surface area contributed by atoms with Crippen molar-refractivity contribution in [1.82, 2.24) is 0 Å². The standard InChI is InChI=1S/C12H11O4P.C4H11NO3/c13-17(14,15)16-12-9-5-4-8-11(12)10-6-2-1-3-7-10;5-4(1-6,2-7)3-8/h1-9H,(H2,13,14,15);6-8H,1-3,5H2. The van der Waals surface area contributed by atoms with Crippen molar-refractivity contribution in [2.24, 2.45) is 5.73 Å². The van der Waals surface area contributed by atoms with Gasteiger partial charge in [0, 0.05) is 5.56 Å². The van der Waals surface area contributed by atoms with Gasteiger partial charge >= 0.3 is 7.82 Å². The molecule has 138 valence electrons. The normalized spacial score (nSPS) is 11.4. The van der Waals surface area contributed by atoms with E-state index >= 15 is 0 Å². The molecular formula is C16H22NO7P. The number of aliphatic hydroxyl groups excluding tert-OH is 3. The quantitative estimate of drug-likeness (QED) is 0.401. The minimum Gasteiger partial charge on any atom is -0.404 e. The zero-order chi connectivity index (χ0) is 18.9. The van der Waals surface area contributed by atoms with E-state index in [1.165, 1.54) is 6.07 Å². The highest BCUT2D eigenvalue weighted by Crippen LogP contribution is 2.41. The molecule has 7 N–H and O–H groups in total. The van der Waals surface area contributed by atoms with Crippen LogP contribution in [-0.2, 0) is 4.57 Å². The number of phosphoric ester groups is 1. The van der Waals surface area contributed by atoms with E-state index in [9.17, 15) is 4.57 Å². The summed E-state index contributed by atoms with van der Waals surface area (Å²) in [7, 11) is -4.53. The Balaban J connectivity index is 0.000000333. The van der Waals surface area contributed by atoms with Crippen LogP contribution in [0.2, 0.25) is 0 Å². The lowest BCUT2D eigenvalue weighted by atomic mass is 10.1. The van der Waals surface area contributed by atoms with Crippen LogP contribution in [0.15, 0.2) is 54.6 Å². The second kappa shape index (κ2) is 9.65. The lowest BCUT2D eigenvalue weighted by Crippen LogP contribution is -2.50. The van der Waals surface area contributed by atoms with Gasteiger partial charge in [-0.2, -0.15) is 0 Å². The van der Waals surface area contributed by atoms with E-state index in [-0.39, 0.29) is 5.75 Å². The number of hydrogen-bond acceptors (Lipinski definition) is 6. The summed E-state index contributed by atoms with van der Waals surface area (Å²) < 4.78 is 15.5. The van der Waals surface area contributed by atoms with E-state index in [1.807, 2.05) is 30.3 Å². The third-order valence-corrected chi connectivity index (χ3v) is 3.57. The lowest BCUT2D eigenvalue weighted by molar-refractivity contribution is 0.0697. The molecule has 9 heteroatoms. The molecule has 2 rings (SSSR count). The number of aliphatic hydroxyl groups is 3. The Morgan fingerprint density at radius 2 is 1.36 bits per heavy atom. The van der Waals surface area contributed by atoms with Gasteiger partial charge in [-0.15, -0.1) is 0 Å². The number of phosphoric acid groups is 1. The minimum atomic E-state index is -4.53. The SMILES string of the molecule is NC(CO)(CO)CO.O=P(O)(O)Oc1ccccc1-c1ccccc1. The van der Waals surface area contributed by atoms with Crippen LogP contribution in [0.4, 0.5) is 0 Å². The van der Waals surface area contributed by atoms with E-state index in [4.69, 9.17) is 30.8 Å². The monoisotopic (exact) mass is 371 g/mol. The number of rotatable bonds is 6. The molecule has 0 amide bonds. The van der Waals surface area contributed by atoms with Gasteiger partial charge in [0.2, 0.25) is 0 Å². The van der Waals surface area contributed by atoms with Crippen molar-refractivity contribution in [3.05, 3.63) is 54.6 Å². The Hall–Kier alpha value is -1.77. The van der Waals surface area contributed by atoms with E-state index < -0.39 is 33.2 Å². The molecule has 2 aromatic carbocycles. The van der Waals surface area contributed by atoms with Gasteiger partial charge in [0.1, 0.15) is 5.75 Å². The first-order valence-corrected chi connectivity index (χ1v) is 8.79. The summed E-state index contributed by atoms with van der Waals surface area (Å²) in [6.07, 6.45) is 0. The molecule has 0 heterocycles. The number of nitrogens with two attached hydrogens (primary N) is 1. The van der Waals surface area contributed by atoms with Gasteiger partial charge in [0.25, 0.3) is 0 Å². The first-order valence-electron chi connectivity index (χ1n) is 7.26. The van der Waals surface area contributed by atoms with Crippen LogP contribution in [0.1, 0.15) is 0 Å². The van der Waals surface area contributed by atoms with Gasteiger partial charge in [-0.05, 0) is 11.6 Å². The summed E-state index contributed by atoms with van der Waals surface area (Å²) in [5.41, 5.74) is 5.43. The van der Waals surface area contributed by atoms with Crippen LogP contribution >= 0.6 is 7.82 Å². The van der Waals surface area contributed by atoms with Gasteiger partial charge in [-0.1, -0.05) is 48.5 Å². The summed E-state index contributed by atoms with van der Waals surface area (Å²) in [5, 5.41) is 25.0.